The molecule has 19 heavy (non-hydrogen) atoms. The van der Waals surface area contributed by atoms with Crippen LogP contribution in [0.3, 0.4) is 0 Å². The van der Waals surface area contributed by atoms with Crippen LogP contribution < -0.4 is 0 Å². The van der Waals surface area contributed by atoms with E-state index in [0.29, 0.717) is 6.61 Å². The van der Waals surface area contributed by atoms with Crippen molar-refractivity contribution in [1.82, 2.24) is 0 Å². The predicted molar refractivity (Wildman–Crippen MR) is 69.5 cm³/mol. The standard InChI is InChI=1S/C14H24O5/c1-8-7-16-13(3,4)17-10(8)12-11(9(2)15)18-14(5,6)19-12/h9-12,15H,1,7H2,2-6H3/t9?,10-,11+,12+/m1/s1. The highest BCUT2D eigenvalue weighted by Gasteiger charge is 2.50. The largest absolute Gasteiger partial charge is 0.391 e. The maximum atomic E-state index is 9.88. The number of hydrogen-bond donors (Lipinski definition) is 1. The molecule has 0 radical (unpaired) electrons. The Bertz CT molecular complexity index is 361. The molecule has 2 fully saturated rings. The number of ether oxygens (including phenoxy) is 4. The van der Waals surface area contributed by atoms with Crippen LogP contribution in [-0.4, -0.2) is 47.7 Å². The van der Waals surface area contributed by atoms with E-state index in [0.717, 1.165) is 5.57 Å². The first-order valence-electron chi connectivity index (χ1n) is 6.64. The van der Waals surface area contributed by atoms with Crippen molar-refractivity contribution in [3.05, 3.63) is 12.2 Å². The number of hydrogen-bond acceptors (Lipinski definition) is 5. The zero-order valence-corrected chi connectivity index (χ0v) is 12.3. The first-order valence-corrected chi connectivity index (χ1v) is 6.64. The second kappa shape index (κ2) is 4.82. The highest BCUT2D eigenvalue weighted by Crippen LogP contribution is 2.37. The molecule has 0 aromatic carbocycles. The summed E-state index contributed by atoms with van der Waals surface area (Å²) < 4.78 is 23.1. The summed E-state index contributed by atoms with van der Waals surface area (Å²) in [7, 11) is 0. The molecular weight excluding hydrogens is 248 g/mol. The summed E-state index contributed by atoms with van der Waals surface area (Å²) in [6, 6.07) is 0. The summed E-state index contributed by atoms with van der Waals surface area (Å²) in [6.07, 6.45) is -1.81. The van der Waals surface area contributed by atoms with E-state index in [1.165, 1.54) is 0 Å². The third kappa shape index (κ3) is 3.17. The van der Waals surface area contributed by atoms with Crippen molar-refractivity contribution in [1.29, 1.82) is 0 Å². The normalized spacial score (nSPS) is 39.3. The van der Waals surface area contributed by atoms with E-state index in [4.69, 9.17) is 18.9 Å². The van der Waals surface area contributed by atoms with Crippen LogP contribution >= 0.6 is 0 Å². The molecular formula is C14H24O5. The first-order chi connectivity index (χ1) is 8.61. The van der Waals surface area contributed by atoms with E-state index >= 15 is 0 Å². The Morgan fingerprint density at radius 2 is 1.79 bits per heavy atom. The van der Waals surface area contributed by atoms with Gasteiger partial charge in [0.1, 0.15) is 18.3 Å². The minimum Gasteiger partial charge on any atom is -0.391 e. The van der Waals surface area contributed by atoms with Gasteiger partial charge in [-0.25, -0.2) is 0 Å². The lowest BCUT2D eigenvalue weighted by Gasteiger charge is -2.40. The third-order valence-electron chi connectivity index (χ3n) is 3.36. The van der Waals surface area contributed by atoms with Gasteiger partial charge >= 0.3 is 0 Å². The summed E-state index contributed by atoms with van der Waals surface area (Å²) >= 11 is 0. The molecule has 0 aromatic rings. The summed E-state index contributed by atoms with van der Waals surface area (Å²) in [5.74, 6) is -1.43. The average Bonchev–Trinajstić information content (AvgIpc) is 2.58. The SMILES string of the molecule is C=C1COC(C)(C)O[C@H]1[C@@H]1OC(C)(C)O[C@H]1C(C)O. The Morgan fingerprint density at radius 3 is 2.37 bits per heavy atom. The van der Waals surface area contributed by atoms with Crippen LogP contribution in [0.25, 0.3) is 0 Å². The van der Waals surface area contributed by atoms with Gasteiger partial charge in [-0.2, -0.15) is 0 Å². The van der Waals surface area contributed by atoms with Crippen molar-refractivity contribution in [2.24, 2.45) is 0 Å². The lowest BCUT2D eigenvalue weighted by atomic mass is 9.97. The Hall–Kier alpha value is -0.460. The summed E-state index contributed by atoms with van der Waals surface area (Å²) in [5, 5.41) is 9.88. The minimum atomic E-state index is -0.738. The van der Waals surface area contributed by atoms with Gasteiger partial charge in [-0.05, 0) is 40.2 Å². The van der Waals surface area contributed by atoms with E-state index in [9.17, 15) is 5.11 Å². The Kier molecular flexibility index (Phi) is 3.79. The lowest BCUT2D eigenvalue weighted by molar-refractivity contribution is -0.272. The van der Waals surface area contributed by atoms with Gasteiger partial charge in [-0.15, -0.1) is 0 Å². The Balaban J connectivity index is 2.20. The van der Waals surface area contributed by atoms with Crippen LogP contribution in [0.1, 0.15) is 34.6 Å². The van der Waals surface area contributed by atoms with Gasteiger partial charge in [0, 0.05) is 0 Å². The van der Waals surface area contributed by atoms with Crippen LogP contribution in [0.5, 0.6) is 0 Å². The van der Waals surface area contributed by atoms with Gasteiger partial charge in [0.25, 0.3) is 0 Å². The molecule has 5 nitrogen and oxygen atoms in total. The second-order valence-corrected chi connectivity index (χ2v) is 6.19. The van der Waals surface area contributed by atoms with Crippen molar-refractivity contribution < 1.29 is 24.1 Å². The molecule has 4 atom stereocenters. The molecule has 110 valence electrons. The zero-order valence-electron chi connectivity index (χ0n) is 12.3. The Morgan fingerprint density at radius 1 is 1.16 bits per heavy atom. The van der Waals surface area contributed by atoms with Crippen molar-refractivity contribution in [3.8, 4) is 0 Å². The zero-order chi connectivity index (χ0) is 14.4. The first kappa shape index (κ1) is 14.9. The van der Waals surface area contributed by atoms with Gasteiger partial charge in [0.2, 0.25) is 0 Å². The molecule has 0 spiro atoms. The number of rotatable bonds is 2. The van der Waals surface area contributed by atoms with Gasteiger partial charge < -0.3 is 24.1 Å². The molecule has 1 unspecified atom stereocenters. The maximum Gasteiger partial charge on any atom is 0.164 e. The van der Waals surface area contributed by atoms with Crippen LogP contribution in [0, 0.1) is 0 Å². The van der Waals surface area contributed by atoms with Crippen molar-refractivity contribution in [3.63, 3.8) is 0 Å². The van der Waals surface area contributed by atoms with Gasteiger partial charge in [-0.1, -0.05) is 6.58 Å². The molecule has 2 rings (SSSR count). The van der Waals surface area contributed by atoms with Crippen molar-refractivity contribution in [2.45, 2.75) is 70.6 Å². The summed E-state index contributed by atoms with van der Waals surface area (Å²) in [4.78, 5) is 0. The molecule has 0 aromatic heterocycles. The summed E-state index contributed by atoms with van der Waals surface area (Å²) in [6.45, 7) is 13.5. The van der Waals surface area contributed by atoms with Gasteiger partial charge in [-0.3, -0.25) is 0 Å². The lowest BCUT2D eigenvalue weighted by Crippen LogP contribution is -2.51. The van der Waals surface area contributed by atoms with E-state index < -0.39 is 23.8 Å². The molecule has 2 aliphatic heterocycles. The monoisotopic (exact) mass is 272 g/mol. The average molecular weight is 272 g/mol. The fraction of sp³-hybridized carbons (Fsp3) is 0.857. The highest BCUT2D eigenvalue weighted by molar-refractivity contribution is 5.12. The fourth-order valence-corrected chi connectivity index (χ4v) is 2.50. The van der Waals surface area contributed by atoms with Crippen LogP contribution in [-0.2, 0) is 18.9 Å². The van der Waals surface area contributed by atoms with E-state index in [1.54, 1.807) is 6.92 Å². The van der Waals surface area contributed by atoms with Crippen LogP contribution in [0.2, 0.25) is 0 Å². The van der Waals surface area contributed by atoms with Crippen LogP contribution in [0.15, 0.2) is 12.2 Å². The second-order valence-electron chi connectivity index (χ2n) is 6.19. The fourth-order valence-electron chi connectivity index (χ4n) is 2.50. The van der Waals surface area contributed by atoms with Crippen molar-refractivity contribution in [2.75, 3.05) is 6.61 Å². The van der Waals surface area contributed by atoms with E-state index in [1.807, 2.05) is 27.7 Å². The Labute approximate surface area is 114 Å². The van der Waals surface area contributed by atoms with Gasteiger partial charge in [0.15, 0.2) is 11.6 Å². The molecule has 0 bridgehead atoms. The maximum absolute atomic E-state index is 9.88. The molecule has 1 N–H and O–H groups in total. The summed E-state index contributed by atoms with van der Waals surface area (Å²) in [5.41, 5.74) is 0.802. The quantitative estimate of drug-likeness (QED) is 0.774. The number of aliphatic hydroxyl groups excluding tert-OH is 1. The van der Waals surface area contributed by atoms with Crippen LogP contribution in [0.4, 0.5) is 0 Å². The van der Waals surface area contributed by atoms with E-state index in [-0.39, 0.29) is 12.2 Å². The molecule has 0 aliphatic carbocycles. The highest BCUT2D eigenvalue weighted by atomic mass is 16.8. The topological polar surface area (TPSA) is 57.2 Å². The smallest absolute Gasteiger partial charge is 0.164 e. The van der Waals surface area contributed by atoms with Gasteiger partial charge in [0.05, 0.1) is 12.7 Å². The molecule has 2 aliphatic rings. The minimum absolute atomic E-state index is 0.342. The molecule has 2 heterocycles. The van der Waals surface area contributed by atoms with Crippen molar-refractivity contribution >= 4 is 0 Å². The molecule has 0 saturated carbocycles. The van der Waals surface area contributed by atoms with E-state index in [2.05, 4.69) is 6.58 Å². The molecule has 0 amide bonds. The third-order valence-corrected chi connectivity index (χ3v) is 3.36. The predicted octanol–water partition coefficient (Wildman–Crippen LogP) is 1.59. The molecule has 2 saturated heterocycles. The molecule has 5 heteroatoms. The number of aliphatic hydroxyl groups is 1.